The molecule has 0 radical (unpaired) electrons. The molecule has 10 heteroatoms. The molecule has 0 saturated carbocycles. The summed E-state index contributed by atoms with van der Waals surface area (Å²) in [6.45, 7) is -1.86. The average Bonchev–Trinajstić information content (AvgIpc) is 2.65. The SMILES string of the molecule is CN(CC(=O)NCC(F)(F)F)C(=O)c1cc(Br)c(Br)s1. The fourth-order valence-electron chi connectivity index (χ4n) is 1.18. The number of thiophene rings is 1. The van der Waals surface area contributed by atoms with Crippen molar-refractivity contribution in [2.75, 3.05) is 20.1 Å². The molecule has 2 amide bonds. The number of hydrogen-bond donors (Lipinski definition) is 1. The van der Waals surface area contributed by atoms with Gasteiger partial charge < -0.3 is 10.2 Å². The normalized spacial score (nSPS) is 11.3. The molecule has 1 N–H and O–H groups in total. The molecule has 1 rings (SSSR count). The van der Waals surface area contributed by atoms with Gasteiger partial charge in [0.05, 0.1) is 15.2 Å². The summed E-state index contributed by atoms with van der Waals surface area (Å²) in [4.78, 5) is 24.6. The maximum atomic E-state index is 11.9. The lowest BCUT2D eigenvalue weighted by Gasteiger charge is -2.16. The van der Waals surface area contributed by atoms with Gasteiger partial charge in [-0.15, -0.1) is 11.3 Å². The predicted octanol–water partition coefficient (Wildman–Crippen LogP) is 3.02. The predicted molar refractivity (Wildman–Crippen MR) is 75.7 cm³/mol. The zero-order valence-electron chi connectivity index (χ0n) is 10.1. The summed E-state index contributed by atoms with van der Waals surface area (Å²) in [5.74, 6) is -1.31. The summed E-state index contributed by atoms with van der Waals surface area (Å²) >= 11 is 7.61. The third-order valence-corrected chi connectivity index (χ3v) is 5.31. The molecule has 0 aliphatic rings. The topological polar surface area (TPSA) is 49.4 Å². The second-order valence-corrected chi connectivity index (χ2v) is 7.01. The first kappa shape index (κ1) is 17.4. The molecule has 0 atom stereocenters. The highest BCUT2D eigenvalue weighted by molar-refractivity contribution is 9.13. The van der Waals surface area contributed by atoms with Crippen LogP contribution in [-0.4, -0.2) is 43.0 Å². The zero-order chi connectivity index (χ0) is 15.5. The molecular formula is C10H9Br2F3N2O2S. The number of nitrogens with zero attached hydrogens (tertiary/aromatic N) is 1. The third-order valence-electron chi connectivity index (χ3n) is 2.07. The Morgan fingerprint density at radius 1 is 1.40 bits per heavy atom. The Morgan fingerprint density at radius 3 is 2.45 bits per heavy atom. The molecule has 1 heterocycles. The van der Waals surface area contributed by atoms with Crippen LogP contribution in [0, 0.1) is 0 Å². The summed E-state index contributed by atoms with van der Waals surface area (Å²) in [6, 6.07) is 1.57. The van der Waals surface area contributed by atoms with E-state index in [1.54, 1.807) is 11.4 Å². The Hall–Kier alpha value is -0.610. The maximum absolute atomic E-state index is 11.9. The molecule has 0 fully saturated rings. The van der Waals surface area contributed by atoms with Gasteiger partial charge in [0.25, 0.3) is 5.91 Å². The van der Waals surface area contributed by atoms with Crippen molar-refractivity contribution in [3.05, 3.63) is 19.2 Å². The van der Waals surface area contributed by atoms with Gasteiger partial charge >= 0.3 is 6.18 Å². The molecule has 0 aromatic carbocycles. The number of halogens is 5. The van der Waals surface area contributed by atoms with Crippen LogP contribution in [0.2, 0.25) is 0 Å². The minimum absolute atomic E-state index is 0.370. The van der Waals surface area contributed by atoms with Gasteiger partial charge in [0, 0.05) is 11.5 Å². The van der Waals surface area contributed by atoms with Gasteiger partial charge in [-0.1, -0.05) is 0 Å². The number of carbonyl (C=O) groups excluding carboxylic acids is 2. The van der Waals surface area contributed by atoms with E-state index < -0.39 is 31.1 Å². The highest BCUT2D eigenvalue weighted by Crippen LogP contribution is 2.32. The van der Waals surface area contributed by atoms with Gasteiger partial charge in [0.2, 0.25) is 5.91 Å². The van der Waals surface area contributed by atoms with Crippen molar-refractivity contribution >= 4 is 55.0 Å². The second-order valence-electron chi connectivity index (χ2n) is 3.79. The Kier molecular flexibility index (Phi) is 6.02. The Labute approximate surface area is 133 Å². The zero-order valence-corrected chi connectivity index (χ0v) is 14.0. The Morgan fingerprint density at radius 2 is 2.00 bits per heavy atom. The first-order chi connectivity index (χ1) is 9.10. The molecule has 1 aromatic rings. The van der Waals surface area contributed by atoms with Gasteiger partial charge in [0.15, 0.2) is 0 Å². The number of hydrogen-bond acceptors (Lipinski definition) is 3. The molecule has 0 saturated heterocycles. The van der Waals surface area contributed by atoms with E-state index in [2.05, 4.69) is 31.9 Å². The lowest BCUT2D eigenvalue weighted by molar-refractivity contribution is -0.138. The van der Waals surface area contributed by atoms with Crippen molar-refractivity contribution in [1.29, 1.82) is 0 Å². The number of carbonyl (C=O) groups is 2. The van der Waals surface area contributed by atoms with E-state index in [0.717, 1.165) is 20.0 Å². The monoisotopic (exact) mass is 436 g/mol. The maximum Gasteiger partial charge on any atom is 0.405 e. The molecule has 112 valence electrons. The van der Waals surface area contributed by atoms with Gasteiger partial charge in [0.1, 0.15) is 6.54 Å². The van der Waals surface area contributed by atoms with Crippen LogP contribution in [0.15, 0.2) is 14.3 Å². The Bertz CT molecular complexity index is 500. The molecule has 1 aromatic heterocycles. The van der Waals surface area contributed by atoms with Crippen molar-refractivity contribution in [1.82, 2.24) is 10.2 Å². The Balaban J connectivity index is 2.56. The van der Waals surface area contributed by atoms with Crippen LogP contribution in [-0.2, 0) is 4.79 Å². The molecule has 0 spiro atoms. The number of likely N-dealkylation sites (N-methyl/N-ethyl adjacent to an activating group) is 1. The lowest BCUT2D eigenvalue weighted by Crippen LogP contribution is -2.41. The third kappa shape index (κ3) is 5.41. The van der Waals surface area contributed by atoms with Crippen molar-refractivity contribution in [2.24, 2.45) is 0 Å². The molecule has 0 bridgehead atoms. The second kappa shape index (κ2) is 6.90. The fraction of sp³-hybridized carbons (Fsp3) is 0.400. The smallest absolute Gasteiger partial charge is 0.345 e. The minimum Gasteiger partial charge on any atom is -0.345 e. The first-order valence-corrected chi connectivity index (χ1v) is 7.54. The molecular weight excluding hydrogens is 429 g/mol. The van der Waals surface area contributed by atoms with Gasteiger partial charge in [-0.3, -0.25) is 9.59 Å². The highest BCUT2D eigenvalue weighted by Gasteiger charge is 2.28. The summed E-state index contributed by atoms with van der Waals surface area (Å²) in [7, 11) is 1.34. The van der Waals surface area contributed by atoms with Crippen LogP contribution in [0.1, 0.15) is 9.67 Å². The van der Waals surface area contributed by atoms with Crippen LogP contribution in [0.25, 0.3) is 0 Å². The van der Waals surface area contributed by atoms with Crippen molar-refractivity contribution < 1.29 is 22.8 Å². The number of amides is 2. The average molecular weight is 438 g/mol. The number of nitrogens with one attached hydrogen (secondary N) is 1. The summed E-state index contributed by atoms with van der Waals surface area (Å²) in [5.41, 5.74) is 0. The first-order valence-electron chi connectivity index (χ1n) is 5.14. The van der Waals surface area contributed by atoms with E-state index in [0.29, 0.717) is 9.35 Å². The lowest BCUT2D eigenvalue weighted by atomic mass is 10.4. The molecule has 0 aliphatic carbocycles. The van der Waals surface area contributed by atoms with E-state index >= 15 is 0 Å². The van der Waals surface area contributed by atoms with E-state index in [9.17, 15) is 22.8 Å². The van der Waals surface area contributed by atoms with E-state index in [-0.39, 0.29) is 0 Å². The number of rotatable bonds is 4. The molecule has 0 unspecified atom stereocenters. The van der Waals surface area contributed by atoms with Crippen LogP contribution in [0.5, 0.6) is 0 Å². The van der Waals surface area contributed by atoms with Crippen molar-refractivity contribution in [3.63, 3.8) is 0 Å². The van der Waals surface area contributed by atoms with Crippen molar-refractivity contribution in [2.45, 2.75) is 6.18 Å². The highest BCUT2D eigenvalue weighted by atomic mass is 79.9. The van der Waals surface area contributed by atoms with Crippen LogP contribution < -0.4 is 5.32 Å². The minimum atomic E-state index is -4.47. The molecule has 20 heavy (non-hydrogen) atoms. The number of alkyl halides is 3. The van der Waals surface area contributed by atoms with Gasteiger partial charge in [-0.05, 0) is 37.9 Å². The van der Waals surface area contributed by atoms with Crippen LogP contribution in [0.4, 0.5) is 13.2 Å². The van der Waals surface area contributed by atoms with Crippen LogP contribution >= 0.6 is 43.2 Å². The quantitative estimate of drug-likeness (QED) is 0.787. The van der Waals surface area contributed by atoms with Crippen LogP contribution in [0.3, 0.4) is 0 Å². The van der Waals surface area contributed by atoms with Gasteiger partial charge in [-0.25, -0.2) is 0 Å². The van der Waals surface area contributed by atoms with E-state index in [1.807, 2.05) is 0 Å². The fourth-order valence-corrected chi connectivity index (χ4v) is 3.21. The summed E-state index contributed by atoms with van der Waals surface area (Å²) in [6.07, 6.45) is -4.47. The largest absolute Gasteiger partial charge is 0.405 e. The van der Waals surface area contributed by atoms with Gasteiger partial charge in [-0.2, -0.15) is 13.2 Å². The standard InChI is InChI=1S/C10H9Br2F3N2O2S/c1-17(3-7(18)16-4-10(13,14)15)9(19)6-2-5(11)8(12)20-6/h2H,3-4H2,1H3,(H,16,18). The van der Waals surface area contributed by atoms with Crippen molar-refractivity contribution in [3.8, 4) is 0 Å². The molecule has 4 nitrogen and oxygen atoms in total. The summed E-state index contributed by atoms with van der Waals surface area (Å²) < 4.78 is 37.2. The van der Waals surface area contributed by atoms with E-state index in [4.69, 9.17) is 0 Å². The molecule has 0 aliphatic heterocycles. The van der Waals surface area contributed by atoms with E-state index in [1.165, 1.54) is 7.05 Å². The summed E-state index contributed by atoms with van der Waals surface area (Å²) in [5, 5.41) is 1.70.